The SMILES string of the molecule is CN(CC(C)(C)C)C(CN)CC(=O)N1CCCCC1. The molecular weight excluding hydrogens is 238 g/mol. The van der Waals surface area contributed by atoms with Crippen molar-refractivity contribution in [2.24, 2.45) is 11.1 Å². The highest BCUT2D eigenvalue weighted by atomic mass is 16.2. The van der Waals surface area contributed by atoms with Crippen molar-refractivity contribution < 1.29 is 4.79 Å². The minimum atomic E-state index is 0.161. The van der Waals surface area contributed by atoms with E-state index in [-0.39, 0.29) is 17.4 Å². The lowest BCUT2D eigenvalue weighted by Gasteiger charge is -2.34. The summed E-state index contributed by atoms with van der Waals surface area (Å²) in [4.78, 5) is 16.5. The molecule has 0 bridgehead atoms. The van der Waals surface area contributed by atoms with E-state index in [9.17, 15) is 4.79 Å². The van der Waals surface area contributed by atoms with Gasteiger partial charge >= 0.3 is 0 Å². The summed E-state index contributed by atoms with van der Waals surface area (Å²) in [5, 5.41) is 0. The van der Waals surface area contributed by atoms with Gasteiger partial charge in [-0.15, -0.1) is 0 Å². The smallest absolute Gasteiger partial charge is 0.224 e. The average molecular weight is 269 g/mol. The Kier molecular flexibility index (Phi) is 6.27. The lowest BCUT2D eigenvalue weighted by molar-refractivity contribution is -0.133. The molecule has 0 saturated carbocycles. The molecule has 4 heteroatoms. The number of likely N-dealkylation sites (N-methyl/N-ethyl adjacent to an activating group) is 1. The Balaban J connectivity index is 2.48. The second kappa shape index (κ2) is 7.25. The number of nitrogens with two attached hydrogens (primary N) is 1. The molecule has 1 aliphatic heterocycles. The van der Waals surface area contributed by atoms with Crippen molar-refractivity contribution in [2.75, 3.05) is 33.2 Å². The normalized spacial score (nSPS) is 18.7. The number of rotatable bonds is 5. The summed E-state index contributed by atoms with van der Waals surface area (Å²) in [5.74, 6) is 0.274. The zero-order valence-electron chi connectivity index (χ0n) is 13.1. The van der Waals surface area contributed by atoms with Crippen LogP contribution >= 0.6 is 0 Å². The van der Waals surface area contributed by atoms with Gasteiger partial charge in [0.1, 0.15) is 0 Å². The standard InChI is InChI=1S/C15H31N3O/c1-15(2,3)12-17(4)13(11-16)10-14(19)18-8-6-5-7-9-18/h13H,5-12,16H2,1-4H3. The van der Waals surface area contributed by atoms with Crippen molar-refractivity contribution in [1.82, 2.24) is 9.80 Å². The fourth-order valence-electron chi connectivity index (χ4n) is 2.77. The molecule has 0 aliphatic carbocycles. The van der Waals surface area contributed by atoms with Gasteiger partial charge in [-0.3, -0.25) is 4.79 Å². The van der Waals surface area contributed by atoms with Gasteiger partial charge in [0, 0.05) is 38.6 Å². The molecule has 1 saturated heterocycles. The van der Waals surface area contributed by atoms with Crippen LogP contribution in [0, 0.1) is 5.41 Å². The Labute approximate surface area is 118 Å². The summed E-state index contributed by atoms with van der Waals surface area (Å²) in [6.45, 7) is 10.0. The summed E-state index contributed by atoms with van der Waals surface area (Å²) >= 11 is 0. The number of carbonyl (C=O) groups is 1. The van der Waals surface area contributed by atoms with Crippen LogP contribution in [0.2, 0.25) is 0 Å². The Morgan fingerprint density at radius 3 is 2.32 bits per heavy atom. The van der Waals surface area contributed by atoms with Crippen molar-refractivity contribution in [3.63, 3.8) is 0 Å². The molecule has 0 spiro atoms. The number of amides is 1. The van der Waals surface area contributed by atoms with E-state index in [0.29, 0.717) is 13.0 Å². The van der Waals surface area contributed by atoms with Crippen LogP contribution in [0.15, 0.2) is 0 Å². The molecule has 0 aromatic heterocycles. The molecule has 1 rings (SSSR count). The van der Waals surface area contributed by atoms with Gasteiger partial charge in [-0.25, -0.2) is 0 Å². The van der Waals surface area contributed by atoms with E-state index in [1.165, 1.54) is 6.42 Å². The quantitative estimate of drug-likeness (QED) is 0.826. The van der Waals surface area contributed by atoms with E-state index in [1.807, 2.05) is 4.90 Å². The fourth-order valence-corrected chi connectivity index (χ4v) is 2.77. The number of nitrogens with zero attached hydrogens (tertiary/aromatic N) is 2. The summed E-state index contributed by atoms with van der Waals surface area (Å²) < 4.78 is 0. The van der Waals surface area contributed by atoms with Gasteiger partial charge < -0.3 is 15.5 Å². The van der Waals surface area contributed by atoms with Crippen LogP contribution in [0.4, 0.5) is 0 Å². The maximum absolute atomic E-state index is 12.3. The molecule has 1 aliphatic rings. The summed E-state index contributed by atoms with van der Waals surface area (Å²) in [5.41, 5.74) is 6.09. The fraction of sp³-hybridized carbons (Fsp3) is 0.933. The number of hydrogen-bond donors (Lipinski definition) is 1. The van der Waals surface area contributed by atoms with Crippen LogP contribution in [0.3, 0.4) is 0 Å². The predicted octanol–water partition coefficient (Wildman–Crippen LogP) is 1.69. The summed E-state index contributed by atoms with van der Waals surface area (Å²) in [6, 6.07) is 0.161. The van der Waals surface area contributed by atoms with Gasteiger partial charge in [-0.05, 0) is 31.7 Å². The molecule has 1 fully saturated rings. The van der Waals surface area contributed by atoms with E-state index < -0.39 is 0 Å². The van der Waals surface area contributed by atoms with Gasteiger partial charge in [0.25, 0.3) is 0 Å². The number of hydrogen-bond acceptors (Lipinski definition) is 3. The van der Waals surface area contributed by atoms with E-state index in [1.54, 1.807) is 0 Å². The highest BCUT2D eigenvalue weighted by molar-refractivity contribution is 5.76. The monoisotopic (exact) mass is 269 g/mol. The van der Waals surface area contributed by atoms with Crippen molar-refractivity contribution in [3.05, 3.63) is 0 Å². The Morgan fingerprint density at radius 2 is 1.84 bits per heavy atom. The first-order valence-electron chi connectivity index (χ1n) is 7.51. The minimum Gasteiger partial charge on any atom is -0.343 e. The lowest BCUT2D eigenvalue weighted by atomic mass is 9.95. The molecule has 112 valence electrons. The van der Waals surface area contributed by atoms with Gasteiger partial charge in [0.2, 0.25) is 5.91 Å². The summed E-state index contributed by atoms with van der Waals surface area (Å²) in [7, 11) is 2.08. The van der Waals surface area contributed by atoms with Crippen molar-refractivity contribution in [3.8, 4) is 0 Å². The third-order valence-electron chi connectivity index (χ3n) is 3.74. The van der Waals surface area contributed by atoms with E-state index in [2.05, 4.69) is 32.7 Å². The molecule has 0 radical (unpaired) electrons. The lowest BCUT2D eigenvalue weighted by Crippen LogP contribution is -2.46. The molecule has 1 atom stereocenters. The van der Waals surface area contributed by atoms with Crippen LogP contribution < -0.4 is 5.73 Å². The Morgan fingerprint density at radius 1 is 1.26 bits per heavy atom. The van der Waals surface area contributed by atoms with Crippen molar-refractivity contribution in [2.45, 2.75) is 52.5 Å². The van der Waals surface area contributed by atoms with Crippen LogP contribution in [0.25, 0.3) is 0 Å². The number of piperidine rings is 1. The highest BCUT2D eigenvalue weighted by Gasteiger charge is 2.24. The minimum absolute atomic E-state index is 0.161. The van der Waals surface area contributed by atoms with Crippen molar-refractivity contribution >= 4 is 5.91 Å². The van der Waals surface area contributed by atoms with Crippen LogP contribution in [0.1, 0.15) is 46.5 Å². The maximum Gasteiger partial charge on any atom is 0.224 e. The average Bonchev–Trinajstić information content (AvgIpc) is 2.34. The van der Waals surface area contributed by atoms with E-state index in [4.69, 9.17) is 5.73 Å². The molecule has 1 unspecified atom stereocenters. The second-order valence-corrected chi connectivity index (χ2v) is 7.01. The van der Waals surface area contributed by atoms with Crippen LogP contribution in [0.5, 0.6) is 0 Å². The van der Waals surface area contributed by atoms with Gasteiger partial charge in [0.05, 0.1) is 0 Å². The molecular formula is C15H31N3O. The molecule has 2 N–H and O–H groups in total. The highest BCUT2D eigenvalue weighted by Crippen LogP contribution is 2.17. The van der Waals surface area contributed by atoms with Gasteiger partial charge in [0.15, 0.2) is 0 Å². The molecule has 1 heterocycles. The number of likely N-dealkylation sites (tertiary alicyclic amines) is 1. The zero-order chi connectivity index (χ0) is 14.5. The maximum atomic E-state index is 12.3. The topological polar surface area (TPSA) is 49.6 Å². The van der Waals surface area contributed by atoms with Gasteiger partial charge in [-0.2, -0.15) is 0 Å². The Hall–Kier alpha value is -0.610. The largest absolute Gasteiger partial charge is 0.343 e. The predicted molar refractivity (Wildman–Crippen MR) is 80.0 cm³/mol. The first-order chi connectivity index (χ1) is 8.83. The van der Waals surface area contributed by atoms with Crippen LogP contribution in [-0.4, -0.2) is 55.0 Å². The second-order valence-electron chi connectivity index (χ2n) is 7.01. The molecule has 4 nitrogen and oxygen atoms in total. The van der Waals surface area contributed by atoms with Crippen LogP contribution in [-0.2, 0) is 4.79 Å². The summed E-state index contributed by atoms with van der Waals surface area (Å²) in [6.07, 6.45) is 4.12. The molecule has 19 heavy (non-hydrogen) atoms. The van der Waals surface area contributed by atoms with Gasteiger partial charge in [-0.1, -0.05) is 20.8 Å². The first-order valence-corrected chi connectivity index (χ1v) is 7.51. The number of carbonyl (C=O) groups excluding carboxylic acids is 1. The molecule has 0 aromatic rings. The first kappa shape index (κ1) is 16.4. The third-order valence-corrected chi connectivity index (χ3v) is 3.74. The molecule has 0 aromatic carbocycles. The van der Waals surface area contributed by atoms with E-state index >= 15 is 0 Å². The van der Waals surface area contributed by atoms with Crippen molar-refractivity contribution in [1.29, 1.82) is 0 Å². The molecule has 1 amide bonds. The van der Waals surface area contributed by atoms with E-state index in [0.717, 1.165) is 32.5 Å². The zero-order valence-corrected chi connectivity index (χ0v) is 13.1. The Bertz CT molecular complexity index is 280. The third kappa shape index (κ3) is 5.91.